The molecule has 2 saturated heterocycles. The monoisotopic (exact) mass is 307 g/mol. The number of nitrogens with zero attached hydrogens (tertiary/aromatic N) is 4. The van der Waals surface area contributed by atoms with Gasteiger partial charge < -0.3 is 25.1 Å². The van der Waals surface area contributed by atoms with Crippen molar-refractivity contribution in [1.82, 2.24) is 19.5 Å². The summed E-state index contributed by atoms with van der Waals surface area (Å²) in [7, 11) is 0. The number of aliphatic hydroxyl groups is 1. The quantitative estimate of drug-likeness (QED) is 0.784. The van der Waals surface area contributed by atoms with E-state index in [9.17, 15) is 5.11 Å². The van der Waals surface area contributed by atoms with Crippen LogP contribution in [0.2, 0.25) is 0 Å². The van der Waals surface area contributed by atoms with Gasteiger partial charge in [0.15, 0.2) is 23.5 Å². The van der Waals surface area contributed by atoms with Crippen molar-refractivity contribution >= 4 is 17.0 Å². The molecule has 3 N–H and O–H groups in total. The van der Waals surface area contributed by atoms with Crippen molar-refractivity contribution in [3.63, 3.8) is 0 Å². The van der Waals surface area contributed by atoms with Crippen molar-refractivity contribution in [3.05, 3.63) is 12.7 Å². The number of ether oxygens (including phenoxy) is 3. The number of fused-ring (bicyclic) bond motifs is 2. The Hall–Kier alpha value is -1.81. The summed E-state index contributed by atoms with van der Waals surface area (Å²) in [6, 6.07) is 0. The second-order valence-electron chi connectivity index (χ2n) is 5.90. The molecule has 0 radical (unpaired) electrons. The first-order chi connectivity index (χ1) is 10.5. The molecular formula is C13H17N5O4. The van der Waals surface area contributed by atoms with E-state index in [0.717, 1.165) is 0 Å². The third kappa shape index (κ3) is 1.90. The van der Waals surface area contributed by atoms with Crippen LogP contribution in [0.3, 0.4) is 0 Å². The van der Waals surface area contributed by atoms with Gasteiger partial charge in [0.1, 0.15) is 30.2 Å². The number of hydrogen-bond donors (Lipinski definition) is 2. The molecule has 0 spiro atoms. The van der Waals surface area contributed by atoms with E-state index in [2.05, 4.69) is 15.0 Å². The summed E-state index contributed by atoms with van der Waals surface area (Å²) in [4.78, 5) is 12.4. The second-order valence-corrected chi connectivity index (χ2v) is 5.90. The minimum Gasteiger partial charge on any atom is -0.394 e. The molecular weight excluding hydrogens is 290 g/mol. The largest absolute Gasteiger partial charge is 0.394 e. The Morgan fingerprint density at radius 2 is 2.05 bits per heavy atom. The van der Waals surface area contributed by atoms with E-state index >= 15 is 0 Å². The summed E-state index contributed by atoms with van der Waals surface area (Å²) in [5.41, 5.74) is 6.87. The van der Waals surface area contributed by atoms with Gasteiger partial charge in [-0.25, -0.2) is 15.0 Å². The average molecular weight is 307 g/mol. The van der Waals surface area contributed by atoms with Gasteiger partial charge in [0, 0.05) is 0 Å². The number of imidazole rings is 1. The minimum atomic E-state index is -0.727. The molecule has 4 rings (SSSR count). The topological polar surface area (TPSA) is 118 Å². The van der Waals surface area contributed by atoms with Crippen LogP contribution in [0, 0.1) is 0 Å². The zero-order chi connectivity index (χ0) is 15.5. The summed E-state index contributed by atoms with van der Waals surface area (Å²) >= 11 is 0. The molecule has 2 fully saturated rings. The van der Waals surface area contributed by atoms with Gasteiger partial charge in [-0.1, -0.05) is 0 Å². The standard InChI is InChI=1S/C13H17N5O4/c1-13(2)21-8-6(3-19)20-12(9(8)22-13)18-5-17-7-10(14)15-4-16-11(7)18/h4-6,8-9,12,19H,3H2,1-2H3,(H2,14,15,16)/t6-,8-,9+,12+/m0/s1. The predicted octanol–water partition coefficient (Wildman–Crippen LogP) is -0.182. The second kappa shape index (κ2) is 4.59. The van der Waals surface area contributed by atoms with E-state index in [1.165, 1.54) is 6.33 Å². The summed E-state index contributed by atoms with van der Waals surface area (Å²) in [6.45, 7) is 3.52. The Morgan fingerprint density at radius 3 is 2.82 bits per heavy atom. The van der Waals surface area contributed by atoms with Crippen molar-refractivity contribution in [2.24, 2.45) is 0 Å². The number of nitrogen functional groups attached to an aromatic ring is 1. The maximum absolute atomic E-state index is 9.52. The lowest BCUT2D eigenvalue weighted by atomic mass is 10.1. The lowest BCUT2D eigenvalue weighted by Gasteiger charge is -2.24. The van der Waals surface area contributed by atoms with Crippen LogP contribution in [0.15, 0.2) is 12.7 Å². The van der Waals surface area contributed by atoms with Crippen molar-refractivity contribution in [1.29, 1.82) is 0 Å². The highest BCUT2D eigenvalue weighted by Gasteiger charge is 2.55. The molecule has 0 aliphatic carbocycles. The molecule has 4 atom stereocenters. The van der Waals surface area contributed by atoms with Crippen LogP contribution < -0.4 is 5.73 Å². The highest BCUT2D eigenvalue weighted by atomic mass is 16.8. The van der Waals surface area contributed by atoms with Crippen LogP contribution >= 0.6 is 0 Å². The molecule has 2 aromatic heterocycles. The number of aromatic nitrogens is 4. The van der Waals surface area contributed by atoms with Crippen LogP contribution in [-0.4, -0.2) is 55.3 Å². The third-order valence-corrected chi connectivity index (χ3v) is 3.97. The number of hydrogen-bond acceptors (Lipinski definition) is 8. The Morgan fingerprint density at radius 1 is 1.27 bits per heavy atom. The summed E-state index contributed by atoms with van der Waals surface area (Å²) < 4.78 is 19.4. The average Bonchev–Trinajstić information content (AvgIpc) is 3.10. The molecule has 2 aliphatic rings. The molecule has 0 amide bonds. The van der Waals surface area contributed by atoms with E-state index < -0.39 is 18.1 Å². The van der Waals surface area contributed by atoms with Crippen LogP contribution in [0.4, 0.5) is 5.82 Å². The Bertz CT molecular complexity index is 718. The molecule has 4 heterocycles. The molecule has 22 heavy (non-hydrogen) atoms. The summed E-state index contributed by atoms with van der Waals surface area (Å²) in [6.07, 6.45) is 1.30. The molecule has 2 aromatic rings. The summed E-state index contributed by atoms with van der Waals surface area (Å²) in [5.74, 6) is -0.421. The molecule has 9 heteroatoms. The van der Waals surface area contributed by atoms with E-state index in [1.54, 1.807) is 10.9 Å². The molecule has 0 aromatic carbocycles. The van der Waals surface area contributed by atoms with Crippen LogP contribution in [0.25, 0.3) is 11.2 Å². The molecule has 2 aliphatic heterocycles. The normalized spacial score (nSPS) is 33.4. The van der Waals surface area contributed by atoms with Crippen LogP contribution in [0.1, 0.15) is 20.1 Å². The van der Waals surface area contributed by atoms with Crippen molar-refractivity contribution in [3.8, 4) is 0 Å². The molecule has 118 valence electrons. The van der Waals surface area contributed by atoms with Gasteiger partial charge in [0.05, 0.1) is 12.9 Å². The predicted molar refractivity (Wildman–Crippen MR) is 74.6 cm³/mol. The third-order valence-electron chi connectivity index (χ3n) is 3.97. The summed E-state index contributed by atoms with van der Waals surface area (Å²) in [5, 5.41) is 9.52. The highest BCUT2D eigenvalue weighted by molar-refractivity contribution is 5.81. The SMILES string of the molecule is CC1(C)O[C@@H]2[C@@H](O1)[C@H](n1cnc3c(N)ncnc31)O[C@H]2CO. The van der Waals surface area contributed by atoms with Crippen molar-refractivity contribution < 1.29 is 19.3 Å². The van der Waals surface area contributed by atoms with Gasteiger partial charge in [-0.05, 0) is 13.8 Å². The molecule has 9 nitrogen and oxygen atoms in total. The Kier molecular flexibility index (Phi) is 2.89. The fourth-order valence-electron chi connectivity index (χ4n) is 3.09. The zero-order valence-corrected chi connectivity index (χ0v) is 12.2. The van der Waals surface area contributed by atoms with Crippen LogP contribution in [0.5, 0.6) is 0 Å². The van der Waals surface area contributed by atoms with Gasteiger partial charge in [-0.2, -0.15) is 0 Å². The minimum absolute atomic E-state index is 0.152. The first kappa shape index (κ1) is 13.8. The number of rotatable bonds is 2. The maximum atomic E-state index is 9.52. The van der Waals surface area contributed by atoms with Crippen molar-refractivity contribution in [2.75, 3.05) is 12.3 Å². The smallest absolute Gasteiger partial charge is 0.167 e. The molecule has 0 unspecified atom stereocenters. The number of nitrogens with two attached hydrogens (primary N) is 1. The van der Waals surface area contributed by atoms with Crippen LogP contribution in [-0.2, 0) is 14.2 Å². The van der Waals surface area contributed by atoms with E-state index in [-0.39, 0.29) is 18.8 Å². The van der Waals surface area contributed by atoms with E-state index in [0.29, 0.717) is 17.0 Å². The number of aliphatic hydroxyl groups excluding tert-OH is 1. The van der Waals surface area contributed by atoms with E-state index in [1.807, 2.05) is 13.8 Å². The van der Waals surface area contributed by atoms with Gasteiger partial charge in [-0.3, -0.25) is 4.57 Å². The number of anilines is 1. The first-order valence-electron chi connectivity index (χ1n) is 7.05. The lowest BCUT2D eigenvalue weighted by Crippen LogP contribution is -2.31. The van der Waals surface area contributed by atoms with Gasteiger partial charge >= 0.3 is 0 Å². The highest BCUT2D eigenvalue weighted by Crippen LogP contribution is 2.43. The Labute approximate surface area is 126 Å². The Balaban J connectivity index is 1.77. The lowest BCUT2D eigenvalue weighted by molar-refractivity contribution is -0.199. The van der Waals surface area contributed by atoms with Gasteiger partial charge in [-0.15, -0.1) is 0 Å². The van der Waals surface area contributed by atoms with Gasteiger partial charge in [0.25, 0.3) is 0 Å². The van der Waals surface area contributed by atoms with Gasteiger partial charge in [0.2, 0.25) is 0 Å². The molecule has 0 saturated carbocycles. The van der Waals surface area contributed by atoms with E-state index in [4.69, 9.17) is 19.9 Å². The fourth-order valence-corrected chi connectivity index (χ4v) is 3.09. The molecule has 0 bridgehead atoms. The van der Waals surface area contributed by atoms with Crippen molar-refractivity contribution in [2.45, 2.75) is 44.2 Å². The first-order valence-corrected chi connectivity index (χ1v) is 7.05. The maximum Gasteiger partial charge on any atom is 0.167 e. The fraction of sp³-hybridized carbons (Fsp3) is 0.615. The zero-order valence-electron chi connectivity index (χ0n) is 12.2.